The van der Waals surface area contributed by atoms with Crippen molar-refractivity contribution in [3.63, 3.8) is 0 Å². The number of aryl methyl sites for hydroxylation is 1. The van der Waals surface area contributed by atoms with Gasteiger partial charge in [-0.25, -0.2) is 0 Å². The SMILES string of the molecule is COc1cccc(N2CCN(C(=O)c3ccccc3C)CC2)c1. The smallest absolute Gasteiger partial charge is 0.254 e. The van der Waals surface area contributed by atoms with E-state index in [2.05, 4.69) is 11.0 Å². The molecule has 0 radical (unpaired) electrons. The number of nitrogens with zero attached hydrogens (tertiary/aromatic N) is 2. The summed E-state index contributed by atoms with van der Waals surface area (Å²) in [5.41, 5.74) is 2.99. The minimum absolute atomic E-state index is 0.133. The Morgan fingerprint density at radius 1 is 1.00 bits per heavy atom. The fourth-order valence-electron chi connectivity index (χ4n) is 2.96. The van der Waals surface area contributed by atoms with E-state index in [1.807, 2.05) is 54.3 Å². The zero-order chi connectivity index (χ0) is 16.2. The summed E-state index contributed by atoms with van der Waals surface area (Å²) in [6, 6.07) is 15.9. The van der Waals surface area contributed by atoms with Crippen LogP contribution >= 0.6 is 0 Å². The maximum atomic E-state index is 12.7. The number of anilines is 1. The number of hydrogen-bond acceptors (Lipinski definition) is 3. The van der Waals surface area contributed by atoms with Gasteiger partial charge in [0.2, 0.25) is 0 Å². The third-order valence-corrected chi connectivity index (χ3v) is 4.36. The second-order valence-corrected chi connectivity index (χ2v) is 5.80. The minimum Gasteiger partial charge on any atom is -0.497 e. The van der Waals surface area contributed by atoms with E-state index in [9.17, 15) is 4.79 Å². The van der Waals surface area contributed by atoms with E-state index in [1.165, 1.54) is 0 Å². The van der Waals surface area contributed by atoms with Crippen molar-refractivity contribution < 1.29 is 9.53 Å². The molecule has 120 valence electrons. The van der Waals surface area contributed by atoms with Gasteiger partial charge in [0.15, 0.2) is 0 Å². The van der Waals surface area contributed by atoms with Gasteiger partial charge in [-0.1, -0.05) is 24.3 Å². The van der Waals surface area contributed by atoms with E-state index in [0.29, 0.717) is 0 Å². The predicted octanol–water partition coefficient (Wildman–Crippen LogP) is 2.97. The van der Waals surface area contributed by atoms with Gasteiger partial charge in [-0.15, -0.1) is 0 Å². The first-order chi connectivity index (χ1) is 11.2. The van der Waals surface area contributed by atoms with E-state index in [-0.39, 0.29) is 5.91 Å². The van der Waals surface area contributed by atoms with Gasteiger partial charge in [0.1, 0.15) is 5.75 Å². The van der Waals surface area contributed by atoms with Crippen LogP contribution in [0.5, 0.6) is 5.75 Å². The second kappa shape index (κ2) is 6.73. The number of ether oxygens (including phenoxy) is 1. The summed E-state index contributed by atoms with van der Waals surface area (Å²) in [4.78, 5) is 16.9. The Balaban J connectivity index is 1.66. The van der Waals surface area contributed by atoms with Crippen molar-refractivity contribution in [2.45, 2.75) is 6.92 Å². The molecular weight excluding hydrogens is 288 g/mol. The van der Waals surface area contributed by atoms with Crippen LogP contribution in [0.15, 0.2) is 48.5 Å². The molecule has 2 aromatic carbocycles. The Kier molecular flexibility index (Phi) is 4.51. The number of amides is 1. The lowest BCUT2D eigenvalue weighted by Gasteiger charge is -2.36. The fourth-order valence-corrected chi connectivity index (χ4v) is 2.96. The number of hydrogen-bond donors (Lipinski definition) is 0. The third kappa shape index (κ3) is 3.31. The predicted molar refractivity (Wildman–Crippen MR) is 92.3 cm³/mol. The molecule has 0 saturated carbocycles. The number of carbonyl (C=O) groups excluding carboxylic acids is 1. The van der Waals surface area contributed by atoms with Gasteiger partial charge in [0.05, 0.1) is 7.11 Å². The first kappa shape index (κ1) is 15.4. The second-order valence-electron chi connectivity index (χ2n) is 5.80. The topological polar surface area (TPSA) is 32.8 Å². The van der Waals surface area contributed by atoms with Gasteiger partial charge < -0.3 is 14.5 Å². The zero-order valence-corrected chi connectivity index (χ0v) is 13.7. The summed E-state index contributed by atoms with van der Waals surface area (Å²) in [5.74, 6) is 0.995. The zero-order valence-electron chi connectivity index (χ0n) is 13.7. The molecule has 3 rings (SSSR count). The molecule has 1 aliphatic heterocycles. The average molecular weight is 310 g/mol. The van der Waals surface area contributed by atoms with Crippen LogP contribution in [-0.2, 0) is 0 Å². The highest BCUT2D eigenvalue weighted by Gasteiger charge is 2.23. The highest BCUT2D eigenvalue weighted by Crippen LogP contribution is 2.22. The van der Waals surface area contributed by atoms with Crippen molar-refractivity contribution in [2.75, 3.05) is 38.2 Å². The Labute approximate surface area is 137 Å². The molecule has 1 amide bonds. The standard InChI is InChI=1S/C19H22N2O2/c1-15-6-3-4-9-18(15)19(22)21-12-10-20(11-13-21)16-7-5-8-17(14-16)23-2/h3-9,14H,10-13H2,1-2H3. The summed E-state index contributed by atoms with van der Waals surface area (Å²) in [5, 5.41) is 0. The summed E-state index contributed by atoms with van der Waals surface area (Å²) < 4.78 is 5.28. The fraction of sp³-hybridized carbons (Fsp3) is 0.316. The molecule has 23 heavy (non-hydrogen) atoms. The quantitative estimate of drug-likeness (QED) is 0.874. The first-order valence-corrected chi connectivity index (χ1v) is 7.93. The van der Waals surface area contributed by atoms with Crippen molar-refractivity contribution in [1.29, 1.82) is 0 Å². The molecular formula is C19H22N2O2. The number of rotatable bonds is 3. The van der Waals surface area contributed by atoms with Crippen LogP contribution in [0.4, 0.5) is 5.69 Å². The summed E-state index contributed by atoms with van der Waals surface area (Å²) >= 11 is 0. The summed E-state index contributed by atoms with van der Waals surface area (Å²) in [6.45, 7) is 5.14. The van der Waals surface area contributed by atoms with Crippen LogP contribution < -0.4 is 9.64 Å². The van der Waals surface area contributed by atoms with Gasteiger partial charge in [-0.2, -0.15) is 0 Å². The molecule has 0 N–H and O–H groups in total. The molecule has 1 heterocycles. The van der Waals surface area contributed by atoms with Crippen molar-refractivity contribution in [2.24, 2.45) is 0 Å². The first-order valence-electron chi connectivity index (χ1n) is 7.93. The van der Waals surface area contributed by atoms with E-state index >= 15 is 0 Å². The number of piperazine rings is 1. The molecule has 1 fully saturated rings. The Morgan fingerprint density at radius 3 is 2.43 bits per heavy atom. The summed E-state index contributed by atoms with van der Waals surface area (Å²) in [7, 11) is 1.68. The largest absolute Gasteiger partial charge is 0.497 e. The van der Waals surface area contributed by atoms with Crippen molar-refractivity contribution >= 4 is 11.6 Å². The average Bonchev–Trinajstić information content (AvgIpc) is 2.62. The molecule has 0 spiro atoms. The maximum Gasteiger partial charge on any atom is 0.254 e. The normalized spacial score (nSPS) is 14.7. The van der Waals surface area contributed by atoms with Gasteiger partial charge in [0, 0.05) is 43.5 Å². The molecule has 4 heteroatoms. The molecule has 1 aliphatic rings. The van der Waals surface area contributed by atoms with Crippen LogP contribution in [0.2, 0.25) is 0 Å². The van der Waals surface area contributed by atoms with Crippen LogP contribution in [-0.4, -0.2) is 44.1 Å². The van der Waals surface area contributed by atoms with Gasteiger partial charge in [-0.3, -0.25) is 4.79 Å². The van der Waals surface area contributed by atoms with Crippen molar-refractivity contribution in [1.82, 2.24) is 4.90 Å². The minimum atomic E-state index is 0.133. The van der Waals surface area contributed by atoms with Gasteiger partial charge >= 0.3 is 0 Å². The van der Waals surface area contributed by atoms with E-state index in [1.54, 1.807) is 7.11 Å². The Hall–Kier alpha value is -2.49. The van der Waals surface area contributed by atoms with Crippen molar-refractivity contribution in [3.8, 4) is 5.75 Å². The third-order valence-electron chi connectivity index (χ3n) is 4.36. The van der Waals surface area contributed by atoms with Crippen LogP contribution in [0.1, 0.15) is 15.9 Å². The van der Waals surface area contributed by atoms with Crippen LogP contribution in [0.3, 0.4) is 0 Å². The maximum absolute atomic E-state index is 12.7. The van der Waals surface area contributed by atoms with Crippen LogP contribution in [0, 0.1) is 6.92 Å². The molecule has 0 atom stereocenters. The lowest BCUT2D eigenvalue weighted by atomic mass is 10.1. The number of methoxy groups -OCH3 is 1. The molecule has 2 aromatic rings. The van der Waals surface area contributed by atoms with Crippen LogP contribution in [0.25, 0.3) is 0 Å². The van der Waals surface area contributed by atoms with Gasteiger partial charge in [0.25, 0.3) is 5.91 Å². The van der Waals surface area contributed by atoms with E-state index < -0.39 is 0 Å². The number of carbonyl (C=O) groups is 1. The van der Waals surface area contributed by atoms with Crippen molar-refractivity contribution in [3.05, 3.63) is 59.7 Å². The molecule has 0 unspecified atom stereocenters. The monoisotopic (exact) mass is 310 g/mol. The molecule has 0 bridgehead atoms. The van der Waals surface area contributed by atoms with Gasteiger partial charge in [-0.05, 0) is 30.7 Å². The lowest BCUT2D eigenvalue weighted by molar-refractivity contribution is 0.0746. The molecule has 1 saturated heterocycles. The molecule has 0 aromatic heterocycles. The summed E-state index contributed by atoms with van der Waals surface area (Å²) in [6.07, 6.45) is 0. The Morgan fingerprint density at radius 2 is 1.74 bits per heavy atom. The highest BCUT2D eigenvalue weighted by atomic mass is 16.5. The van der Waals surface area contributed by atoms with E-state index in [4.69, 9.17) is 4.74 Å². The lowest BCUT2D eigenvalue weighted by Crippen LogP contribution is -2.48. The number of benzene rings is 2. The molecule has 4 nitrogen and oxygen atoms in total. The molecule has 0 aliphatic carbocycles. The highest BCUT2D eigenvalue weighted by molar-refractivity contribution is 5.95. The van der Waals surface area contributed by atoms with E-state index in [0.717, 1.165) is 48.7 Å². The Bertz CT molecular complexity index is 691.